The van der Waals surface area contributed by atoms with E-state index < -0.39 is 12.1 Å². The second-order valence-electron chi connectivity index (χ2n) is 6.06. The maximum Gasteiger partial charge on any atom is 0.344 e. The molecule has 0 fully saturated rings. The molecule has 0 bridgehead atoms. The highest BCUT2D eigenvalue weighted by molar-refractivity contribution is 6.32. The summed E-state index contributed by atoms with van der Waals surface area (Å²) in [6.07, 6.45) is -0.652. The number of halogens is 1. The van der Waals surface area contributed by atoms with Crippen LogP contribution in [0.1, 0.15) is 45.5 Å². The van der Waals surface area contributed by atoms with Crippen molar-refractivity contribution in [2.45, 2.75) is 39.2 Å². The van der Waals surface area contributed by atoms with Gasteiger partial charge in [0.15, 0.2) is 18.5 Å². The highest BCUT2D eigenvalue weighted by Gasteiger charge is 2.24. The van der Waals surface area contributed by atoms with E-state index in [2.05, 4.69) is 10.1 Å². The van der Waals surface area contributed by atoms with Gasteiger partial charge in [0.1, 0.15) is 5.75 Å². The summed E-state index contributed by atoms with van der Waals surface area (Å²) in [5.41, 5.74) is -0.237. The summed E-state index contributed by atoms with van der Waals surface area (Å²) >= 11 is 5.94. The van der Waals surface area contributed by atoms with Crippen molar-refractivity contribution in [1.29, 1.82) is 0 Å². The molecule has 1 heterocycles. The lowest BCUT2D eigenvalue weighted by Crippen LogP contribution is -2.17. The number of carbonyl (C=O) groups is 1. The largest absolute Gasteiger partial charge is 0.480 e. The smallest absolute Gasteiger partial charge is 0.344 e. The van der Waals surface area contributed by atoms with Crippen LogP contribution in [0.5, 0.6) is 5.75 Å². The van der Waals surface area contributed by atoms with Gasteiger partial charge in [-0.3, -0.25) is 0 Å². The van der Waals surface area contributed by atoms with Gasteiger partial charge in [-0.25, -0.2) is 4.79 Å². The first-order valence-electron chi connectivity index (χ1n) is 7.18. The van der Waals surface area contributed by atoms with Crippen LogP contribution < -0.4 is 4.74 Å². The minimum atomic E-state index is -0.652. The molecular formula is C16H19ClN2O4. The molecule has 2 rings (SSSR count). The van der Waals surface area contributed by atoms with Gasteiger partial charge in [0.25, 0.3) is 5.89 Å². The fourth-order valence-corrected chi connectivity index (χ4v) is 1.88. The Kier molecular flexibility index (Phi) is 5.26. The van der Waals surface area contributed by atoms with Gasteiger partial charge in [-0.2, -0.15) is 4.98 Å². The van der Waals surface area contributed by atoms with Crippen LogP contribution in [0, 0.1) is 0 Å². The third-order valence-corrected chi connectivity index (χ3v) is 3.26. The summed E-state index contributed by atoms with van der Waals surface area (Å²) in [6.45, 7) is 7.31. The van der Waals surface area contributed by atoms with Gasteiger partial charge in [-0.1, -0.05) is 49.7 Å². The molecule has 1 aromatic carbocycles. The Hall–Kier alpha value is -2.08. The molecule has 124 valence electrons. The fourth-order valence-electron chi connectivity index (χ4n) is 1.69. The average Bonchev–Trinajstić information content (AvgIpc) is 2.96. The molecule has 0 amide bonds. The van der Waals surface area contributed by atoms with Gasteiger partial charge in [-0.15, -0.1) is 0 Å². The predicted octanol–water partition coefficient (Wildman–Crippen LogP) is 3.70. The van der Waals surface area contributed by atoms with E-state index in [0.717, 1.165) is 0 Å². The van der Waals surface area contributed by atoms with Crippen molar-refractivity contribution in [3.05, 3.63) is 41.0 Å². The predicted molar refractivity (Wildman–Crippen MR) is 84.5 cm³/mol. The molecular weight excluding hydrogens is 320 g/mol. The molecule has 0 saturated heterocycles. The zero-order valence-corrected chi connectivity index (χ0v) is 14.3. The Morgan fingerprint density at radius 2 is 2.04 bits per heavy atom. The van der Waals surface area contributed by atoms with Crippen LogP contribution in [0.3, 0.4) is 0 Å². The number of carbonyl (C=O) groups excluding carboxylic acids is 1. The van der Waals surface area contributed by atoms with Crippen LogP contribution in [-0.2, 0) is 14.9 Å². The fraction of sp³-hybridized carbons (Fsp3) is 0.438. The first kappa shape index (κ1) is 17.3. The van der Waals surface area contributed by atoms with E-state index in [1.54, 1.807) is 31.2 Å². The number of benzene rings is 1. The first-order valence-corrected chi connectivity index (χ1v) is 7.56. The van der Waals surface area contributed by atoms with Crippen molar-refractivity contribution in [2.75, 3.05) is 6.61 Å². The Labute approximate surface area is 139 Å². The van der Waals surface area contributed by atoms with Crippen molar-refractivity contribution in [3.63, 3.8) is 0 Å². The summed E-state index contributed by atoms with van der Waals surface area (Å²) in [5.74, 6) is 0.684. The second kappa shape index (κ2) is 7.00. The maximum atomic E-state index is 11.8. The number of rotatable bonds is 5. The minimum absolute atomic E-state index is 0.237. The molecule has 0 spiro atoms. The third kappa shape index (κ3) is 4.69. The molecule has 0 aliphatic rings. The minimum Gasteiger partial charge on any atom is -0.480 e. The summed E-state index contributed by atoms with van der Waals surface area (Å²) in [6, 6.07) is 6.89. The Morgan fingerprint density at radius 3 is 2.65 bits per heavy atom. The number of esters is 1. The number of ether oxygens (including phenoxy) is 2. The molecule has 6 nitrogen and oxygen atoms in total. The lowest BCUT2D eigenvalue weighted by Gasteiger charge is -2.12. The standard InChI is InChI=1S/C16H19ClN2O4/c1-10(14-18-15(19-23-14)16(2,3)4)22-13(20)9-21-12-8-6-5-7-11(12)17/h5-8,10H,9H2,1-4H3. The number of para-hydroxylation sites is 1. The Balaban J connectivity index is 1.90. The van der Waals surface area contributed by atoms with Gasteiger partial charge < -0.3 is 14.0 Å². The molecule has 0 aliphatic carbocycles. The summed E-state index contributed by atoms with van der Waals surface area (Å²) in [5, 5.41) is 4.33. The van der Waals surface area contributed by atoms with Crippen LogP contribution in [0.2, 0.25) is 5.02 Å². The van der Waals surface area contributed by atoms with E-state index in [9.17, 15) is 4.79 Å². The van der Waals surface area contributed by atoms with Crippen molar-refractivity contribution in [3.8, 4) is 5.75 Å². The van der Waals surface area contributed by atoms with Crippen molar-refractivity contribution in [1.82, 2.24) is 10.1 Å². The number of aromatic nitrogens is 2. The van der Waals surface area contributed by atoms with Crippen LogP contribution in [0.25, 0.3) is 0 Å². The van der Waals surface area contributed by atoms with Crippen LogP contribution in [0.4, 0.5) is 0 Å². The highest BCUT2D eigenvalue weighted by Crippen LogP contribution is 2.24. The molecule has 0 aliphatic heterocycles. The lowest BCUT2D eigenvalue weighted by atomic mass is 9.96. The molecule has 1 unspecified atom stereocenters. The molecule has 0 radical (unpaired) electrons. The quantitative estimate of drug-likeness (QED) is 0.774. The number of hydrogen-bond acceptors (Lipinski definition) is 6. The number of hydrogen-bond donors (Lipinski definition) is 0. The van der Waals surface area contributed by atoms with Gasteiger partial charge in [0, 0.05) is 5.41 Å². The SMILES string of the molecule is CC(OC(=O)COc1ccccc1Cl)c1nc(C(C)(C)C)no1. The van der Waals surface area contributed by atoms with Crippen molar-refractivity contribution in [2.24, 2.45) is 0 Å². The summed E-state index contributed by atoms with van der Waals surface area (Å²) in [7, 11) is 0. The molecule has 23 heavy (non-hydrogen) atoms. The van der Waals surface area contributed by atoms with E-state index in [-0.39, 0.29) is 17.9 Å². The van der Waals surface area contributed by atoms with Crippen molar-refractivity contribution >= 4 is 17.6 Å². The van der Waals surface area contributed by atoms with Gasteiger partial charge >= 0.3 is 5.97 Å². The maximum absolute atomic E-state index is 11.8. The highest BCUT2D eigenvalue weighted by atomic mass is 35.5. The third-order valence-electron chi connectivity index (χ3n) is 2.95. The Morgan fingerprint density at radius 1 is 1.35 bits per heavy atom. The summed E-state index contributed by atoms with van der Waals surface area (Å²) in [4.78, 5) is 16.1. The topological polar surface area (TPSA) is 74.5 Å². The first-order chi connectivity index (χ1) is 10.8. The molecule has 1 aromatic heterocycles. The molecule has 7 heteroatoms. The van der Waals surface area contributed by atoms with E-state index in [0.29, 0.717) is 16.6 Å². The van der Waals surface area contributed by atoms with Gasteiger partial charge in [0.2, 0.25) is 0 Å². The van der Waals surface area contributed by atoms with Crippen LogP contribution in [-0.4, -0.2) is 22.7 Å². The lowest BCUT2D eigenvalue weighted by molar-refractivity contribution is -0.152. The number of nitrogens with zero attached hydrogens (tertiary/aromatic N) is 2. The van der Waals surface area contributed by atoms with E-state index >= 15 is 0 Å². The average molecular weight is 339 g/mol. The van der Waals surface area contributed by atoms with Crippen molar-refractivity contribution < 1.29 is 18.8 Å². The zero-order valence-electron chi connectivity index (χ0n) is 13.5. The molecule has 2 aromatic rings. The van der Waals surface area contributed by atoms with E-state index in [1.165, 1.54) is 0 Å². The second-order valence-corrected chi connectivity index (χ2v) is 6.46. The van der Waals surface area contributed by atoms with E-state index in [4.69, 9.17) is 25.6 Å². The van der Waals surface area contributed by atoms with Crippen LogP contribution >= 0.6 is 11.6 Å². The van der Waals surface area contributed by atoms with Crippen LogP contribution in [0.15, 0.2) is 28.8 Å². The molecule has 0 N–H and O–H groups in total. The molecule has 1 atom stereocenters. The van der Waals surface area contributed by atoms with E-state index in [1.807, 2.05) is 20.8 Å². The molecule has 0 saturated carbocycles. The van der Waals surface area contributed by atoms with Gasteiger partial charge in [0.05, 0.1) is 5.02 Å². The Bertz CT molecular complexity index is 679. The van der Waals surface area contributed by atoms with Gasteiger partial charge in [-0.05, 0) is 19.1 Å². The normalized spacial score (nSPS) is 12.7. The zero-order chi connectivity index (χ0) is 17.0. The summed E-state index contributed by atoms with van der Waals surface area (Å²) < 4.78 is 15.7. The monoisotopic (exact) mass is 338 g/mol.